The first-order valence-electron chi connectivity index (χ1n) is 6.47. The Morgan fingerprint density at radius 2 is 1.35 bits per heavy atom. The third-order valence-corrected chi connectivity index (χ3v) is 9.09. The van der Waals surface area contributed by atoms with Gasteiger partial charge in [0.05, 0.1) is 4.58 Å². The van der Waals surface area contributed by atoms with Crippen molar-refractivity contribution in [1.82, 2.24) is 0 Å². The summed E-state index contributed by atoms with van der Waals surface area (Å²) in [5, 5.41) is 0. The molecular weight excluding hydrogens is 256 g/mol. The fourth-order valence-electron chi connectivity index (χ4n) is 5.71. The van der Waals surface area contributed by atoms with Gasteiger partial charge in [-0.25, -0.2) is 0 Å². The SMILES string of the molecule is C[C@]12O[C@H]3SC4S[C@H]5O[C@@](C)(O1)[C@H]1[C@@H]5C4[C@@H]3[C@@H]12. The predicted octanol–water partition coefficient (Wildman–Crippen LogP) is 2.08. The molecule has 5 aliphatic heterocycles. The summed E-state index contributed by atoms with van der Waals surface area (Å²) in [4.78, 5) is 0. The Balaban J connectivity index is 1.66. The maximum Gasteiger partial charge on any atom is 0.174 e. The van der Waals surface area contributed by atoms with Gasteiger partial charge in [-0.2, -0.15) is 0 Å². The zero-order chi connectivity index (χ0) is 11.2. The molecule has 3 nitrogen and oxygen atoms in total. The highest BCUT2D eigenvalue weighted by Crippen LogP contribution is 2.81. The molecule has 0 bridgehead atoms. The van der Waals surface area contributed by atoms with Crippen LogP contribution >= 0.6 is 23.5 Å². The van der Waals surface area contributed by atoms with Crippen LogP contribution in [0.5, 0.6) is 0 Å². The van der Waals surface area contributed by atoms with E-state index in [1.807, 2.05) is 23.5 Å². The summed E-state index contributed by atoms with van der Waals surface area (Å²) in [6.45, 7) is 4.28. The average molecular weight is 270 g/mol. The van der Waals surface area contributed by atoms with Gasteiger partial charge in [0.25, 0.3) is 0 Å². The largest absolute Gasteiger partial charge is 0.336 e. The Morgan fingerprint density at radius 3 is 1.88 bits per heavy atom. The molecule has 0 amide bonds. The van der Waals surface area contributed by atoms with E-state index in [4.69, 9.17) is 14.2 Å². The van der Waals surface area contributed by atoms with Crippen LogP contribution in [0.3, 0.4) is 0 Å². The predicted molar refractivity (Wildman–Crippen MR) is 64.1 cm³/mol. The van der Waals surface area contributed by atoms with Gasteiger partial charge < -0.3 is 14.2 Å². The maximum atomic E-state index is 6.26. The van der Waals surface area contributed by atoms with Crippen molar-refractivity contribution in [3.63, 3.8) is 0 Å². The third kappa shape index (κ3) is 0.749. The Morgan fingerprint density at radius 1 is 0.824 bits per heavy atom. The monoisotopic (exact) mass is 270 g/mol. The molecule has 0 radical (unpaired) electrons. The third-order valence-electron chi connectivity index (χ3n) is 5.90. The van der Waals surface area contributed by atoms with E-state index < -0.39 is 0 Å². The number of rotatable bonds is 0. The number of hydrogen-bond donors (Lipinski definition) is 0. The van der Waals surface area contributed by atoms with E-state index in [0.29, 0.717) is 22.7 Å². The van der Waals surface area contributed by atoms with Crippen LogP contribution in [0.1, 0.15) is 13.8 Å². The first-order chi connectivity index (χ1) is 8.11. The maximum absolute atomic E-state index is 6.26. The molecule has 10 atom stereocenters. The zero-order valence-electron chi connectivity index (χ0n) is 9.66. The summed E-state index contributed by atoms with van der Waals surface area (Å²) in [5.74, 6) is 2.70. The van der Waals surface area contributed by atoms with Crippen molar-refractivity contribution < 1.29 is 14.2 Å². The first-order valence-corrected chi connectivity index (χ1v) is 8.36. The fourth-order valence-corrected chi connectivity index (χ4v) is 9.80. The number of thioether (sulfide) groups is 2. The lowest BCUT2D eigenvalue weighted by Gasteiger charge is -2.31. The van der Waals surface area contributed by atoms with Crippen LogP contribution in [0.4, 0.5) is 0 Å². The second kappa shape index (κ2) is 2.33. The van der Waals surface area contributed by atoms with Gasteiger partial charge in [-0.1, -0.05) is 0 Å². The minimum atomic E-state index is -0.368. The quantitative estimate of drug-likeness (QED) is 0.672. The molecule has 17 heavy (non-hydrogen) atoms. The van der Waals surface area contributed by atoms with E-state index in [0.717, 1.165) is 22.3 Å². The zero-order valence-corrected chi connectivity index (χ0v) is 11.3. The molecule has 0 spiro atoms. The van der Waals surface area contributed by atoms with Crippen molar-refractivity contribution >= 4 is 23.5 Å². The van der Waals surface area contributed by atoms with Gasteiger partial charge in [0.1, 0.15) is 10.9 Å². The van der Waals surface area contributed by atoms with Crippen LogP contribution in [-0.4, -0.2) is 27.0 Å². The second-order valence-corrected chi connectivity index (χ2v) is 9.32. The van der Waals surface area contributed by atoms with Crippen LogP contribution < -0.4 is 0 Å². The fraction of sp³-hybridized carbons (Fsp3) is 1.00. The Bertz CT molecular complexity index is 421. The molecule has 5 heterocycles. The van der Waals surface area contributed by atoms with Crippen LogP contribution in [0.25, 0.3) is 0 Å². The highest BCUT2D eigenvalue weighted by atomic mass is 32.2. The van der Waals surface area contributed by atoms with Gasteiger partial charge in [0.2, 0.25) is 0 Å². The minimum absolute atomic E-state index is 0.368. The molecule has 6 rings (SSSR count). The van der Waals surface area contributed by atoms with E-state index in [-0.39, 0.29) is 11.6 Å². The van der Waals surface area contributed by atoms with Gasteiger partial charge in [-0.05, 0) is 19.8 Å². The molecular formula is C12H14O3S2. The van der Waals surface area contributed by atoms with Crippen molar-refractivity contribution in [3.05, 3.63) is 0 Å². The Kier molecular flexibility index (Phi) is 1.30. The summed E-state index contributed by atoms with van der Waals surface area (Å²) < 4.78 is 19.5. The highest BCUT2D eigenvalue weighted by molar-refractivity contribution is 8.17. The summed E-state index contributed by atoms with van der Waals surface area (Å²) >= 11 is 4.06. The smallest absolute Gasteiger partial charge is 0.174 e. The Labute approximate surface area is 108 Å². The van der Waals surface area contributed by atoms with Gasteiger partial charge in [0, 0.05) is 23.7 Å². The lowest BCUT2D eigenvalue weighted by atomic mass is 9.83. The summed E-state index contributed by atoms with van der Waals surface area (Å²) in [7, 11) is 0. The summed E-state index contributed by atoms with van der Waals surface area (Å²) in [6, 6.07) is 0. The van der Waals surface area contributed by atoms with Gasteiger partial charge in [-0.15, -0.1) is 23.5 Å². The van der Waals surface area contributed by atoms with E-state index in [2.05, 4.69) is 13.8 Å². The molecule has 92 valence electrons. The molecule has 5 saturated heterocycles. The first kappa shape index (κ1) is 9.48. The molecule has 2 unspecified atom stereocenters. The van der Waals surface area contributed by atoms with Crippen LogP contribution in [-0.2, 0) is 14.2 Å². The Hall–Kier alpha value is 0.580. The average Bonchev–Trinajstić information content (AvgIpc) is 2.90. The van der Waals surface area contributed by atoms with E-state index >= 15 is 0 Å². The van der Waals surface area contributed by atoms with Crippen LogP contribution in [0.2, 0.25) is 0 Å². The number of ether oxygens (including phenoxy) is 3. The normalized spacial score (nSPS) is 80.8. The highest BCUT2D eigenvalue weighted by Gasteiger charge is 2.84. The van der Waals surface area contributed by atoms with Crippen molar-refractivity contribution in [2.45, 2.75) is 40.9 Å². The summed E-state index contributed by atoms with van der Waals surface area (Å²) in [6.07, 6.45) is 0. The van der Waals surface area contributed by atoms with Gasteiger partial charge >= 0.3 is 0 Å². The van der Waals surface area contributed by atoms with Crippen molar-refractivity contribution in [3.8, 4) is 0 Å². The van der Waals surface area contributed by atoms with Crippen molar-refractivity contribution in [2.75, 3.05) is 0 Å². The molecule has 6 aliphatic rings. The molecule has 0 aromatic carbocycles. The molecule has 5 heteroatoms. The molecule has 6 fully saturated rings. The van der Waals surface area contributed by atoms with Crippen molar-refractivity contribution in [2.24, 2.45) is 29.6 Å². The molecule has 0 aromatic rings. The number of hydrogen-bond acceptors (Lipinski definition) is 5. The molecule has 0 aromatic heterocycles. The van der Waals surface area contributed by atoms with Gasteiger partial charge in [0.15, 0.2) is 11.6 Å². The molecule has 0 N–H and O–H groups in total. The standard InChI is InChI=1S/C12H14O3S2/c1-11-6-4-3-5-7(6)12(2,15-11)14-9(5)17-10(3)16-8(4)13-11/h3-10H,1-2H3/t3?,4-,5+,6-,7-,8+,9-,10?,11-,12-/m0/s1. The van der Waals surface area contributed by atoms with E-state index in [9.17, 15) is 0 Å². The van der Waals surface area contributed by atoms with E-state index in [1.165, 1.54) is 0 Å². The van der Waals surface area contributed by atoms with Crippen molar-refractivity contribution in [1.29, 1.82) is 0 Å². The topological polar surface area (TPSA) is 27.7 Å². The van der Waals surface area contributed by atoms with Crippen LogP contribution in [0, 0.1) is 29.6 Å². The van der Waals surface area contributed by atoms with E-state index in [1.54, 1.807) is 0 Å². The summed E-state index contributed by atoms with van der Waals surface area (Å²) in [5.41, 5.74) is 0.784. The minimum Gasteiger partial charge on any atom is -0.336 e. The lowest BCUT2D eigenvalue weighted by molar-refractivity contribution is -0.299. The van der Waals surface area contributed by atoms with Gasteiger partial charge in [-0.3, -0.25) is 0 Å². The second-order valence-electron chi connectivity index (χ2n) is 6.53. The lowest BCUT2D eigenvalue weighted by Crippen LogP contribution is -2.37. The molecule has 1 saturated carbocycles. The molecule has 1 aliphatic carbocycles. The van der Waals surface area contributed by atoms with Crippen LogP contribution in [0.15, 0.2) is 0 Å².